The van der Waals surface area contributed by atoms with Crippen molar-refractivity contribution in [1.29, 1.82) is 0 Å². The Hall–Kier alpha value is -0.120. The lowest BCUT2D eigenvalue weighted by Crippen LogP contribution is -2.40. The second kappa shape index (κ2) is 3.82. The standard InChI is InChI=1S/C6H15N3/c7-9-5-2-1-3-8-4-6-9/h8H,1-7H2. The van der Waals surface area contributed by atoms with Crippen molar-refractivity contribution < 1.29 is 0 Å². The van der Waals surface area contributed by atoms with Crippen molar-refractivity contribution in [2.45, 2.75) is 12.8 Å². The van der Waals surface area contributed by atoms with Crippen molar-refractivity contribution in [3.63, 3.8) is 0 Å². The maximum Gasteiger partial charge on any atom is 0.0253 e. The van der Waals surface area contributed by atoms with Crippen LogP contribution in [0.15, 0.2) is 0 Å². The fourth-order valence-corrected chi connectivity index (χ4v) is 1.02. The van der Waals surface area contributed by atoms with E-state index in [9.17, 15) is 0 Å². The molecular formula is C6H15N3. The molecule has 0 spiro atoms. The molecule has 1 heterocycles. The Morgan fingerprint density at radius 3 is 2.89 bits per heavy atom. The minimum atomic E-state index is 0.986. The van der Waals surface area contributed by atoms with Crippen molar-refractivity contribution in [3.8, 4) is 0 Å². The molecule has 1 aliphatic rings. The van der Waals surface area contributed by atoms with E-state index in [1.54, 1.807) is 0 Å². The van der Waals surface area contributed by atoms with E-state index in [0.717, 1.165) is 26.2 Å². The highest BCUT2D eigenvalue weighted by atomic mass is 15.4. The van der Waals surface area contributed by atoms with Gasteiger partial charge in [-0.2, -0.15) is 0 Å². The van der Waals surface area contributed by atoms with Gasteiger partial charge in [-0.15, -0.1) is 0 Å². The van der Waals surface area contributed by atoms with E-state index in [-0.39, 0.29) is 0 Å². The number of hydrazine groups is 1. The Kier molecular flexibility index (Phi) is 2.97. The second-order valence-corrected chi connectivity index (χ2v) is 2.49. The molecule has 3 N–H and O–H groups in total. The summed E-state index contributed by atoms with van der Waals surface area (Å²) >= 11 is 0. The summed E-state index contributed by atoms with van der Waals surface area (Å²) in [5, 5.41) is 5.18. The largest absolute Gasteiger partial charge is 0.315 e. The molecule has 0 aromatic carbocycles. The van der Waals surface area contributed by atoms with Gasteiger partial charge in [0.1, 0.15) is 0 Å². The molecule has 0 amide bonds. The molecule has 0 radical (unpaired) electrons. The van der Waals surface area contributed by atoms with Crippen molar-refractivity contribution in [3.05, 3.63) is 0 Å². The van der Waals surface area contributed by atoms with Crippen LogP contribution in [-0.4, -0.2) is 31.2 Å². The van der Waals surface area contributed by atoms with Crippen molar-refractivity contribution in [2.75, 3.05) is 26.2 Å². The first kappa shape index (κ1) is 6.99. The predicted octanol–water partition coefficient (Wildman–Crippen LogP) is -0.455. The monoisotopic (exact) mass is 129 g/mol. The van der Waals surface area contributed by atoms with Crippen LogP contribution in [0.1, 0.15) is 12.8 Å². The smallest absolute Gasteiger partial charge is 0.0253 e. The fraction of sp³-hybridized carbons (Fsp3) is 1.00. The van der Waals surface area contributed by atoms with Gasteiger partial charge in [0.15, 0.2) is 0 Å². The maximum absolute atomic E-state index is 5.60. The first-order chi connectivity index (χ1) is 4.39. The van der Waals surface area contributed by atoms with E-state index >= 15 is 0 Å². The van der Waals surface area contributed by atoms with E-state index in [2.05, 4.69) is 5.32 Å². The fourth-order valence-electron chi connectivity index (χ4n) is 1.02. The van der Waals surface area contributed by atoms with E-state index in [0.29, 0.717) is 0 Å². The van der Waals surface area contributed by atoms with Gasteiger partial charge in [0, 0.05) is 19.6 Å². The Morgan fingerprint density at radius 1 is 1.11 bits per heavy atom. The van der Waals surface area contributed by atoms with Crippen molar-refractivity contribution in [1.82, 2.24) is 10.3 Å². The van der Waals surface area contributed by atoms with Crippen LogP contribution in [0.5, 0.6) is 0 Å². The molecule has 9 heavy (non-hydrogen) atoms. The van der Waals surface area contributed by atoms with Gasteiger partial charge in [0.05, 0.1) is 0 Å². The molecule has 0 atom stereocenters. The van der Waals surface area contributed by atoms with Gasteiger partial charge < -0.3 is 5.32 Å². The molecule has 0 aliphatic carbocycles. The van der Waals surface area contributed by atoms with E-state index in [1.807, 2.05) is 5.01 Å². The zero-order valence-electron chi connectivity index (χ0n) is 5.77. The summed E-state index contributed by atoms with van der Waals surface area (Å²) in [6.07, 6.45) is 2.48. The zero-order chi connectivity index (χ0) is 6.53. The molecule has 1 aliphatic heterocycles. The SMILES string of the molecule is NN1CCCCNCC1. The summed E-state index contributed by atoms with van der Waals surface area (Å²) in [6.45, 7) is 4.24. The third-order valence-electron chi connectivity index (χ3n) is 1.62. The quantitative estimate of drug-likeness (QED) is 0.435. The Bertz CT molecular complexity index is 66.7. The van der Waals surface area contributed by atoms with Gasteiger partial charge in [0.2, 0.25) is 0 Å². The number of nitrogens with one attached hydrogen (secondary N) is 1. The molecule has 0 aromatic heterocycles. The van der Waals surface area contributed by atoms with Crippen LogP contribution in [0.25, 0.3) is 0 Å². The van der Waals surface area contributed by atoms with Crippen LogP contribution in [-0.2, 0) is 0 Å². The summed E-state index contributed by atoms with van der Waals surface area (Å²) < 4.78 is 0. The number of rotatable bonds is 0. The molecule has 1 fully saturated rings. The molecule has 3 nitrogen and oxygen atoms in total. The molecular weight excluding hydrogens is 114 g/mol. The molecule has 0 aromatic rings. The van der Waals surface area contributed by atoms with Gasteiger partial charge in [-0.25, -0.2) is 5.01 Å². The van der Waals surface area contributed by atoms with Crippen LogP contribution in [0, 0.1) is 0 Å². The van der Waals surface area contributed by atoms with Crippen molar-refractivity contribution >= 4 is 0 Å². The zero-order valence-corrected chi connectivity index (χ0v) is 5.77. The average Bonchev–Trinajstić information content (AvgIpc) is 1.79. The summed E-state index contributed by atoms with van der Waals surface area (Å²) in [6, 6.07) is 0. The molecule has 0 unspecified atom stereocenters. The molecule has 3 heteroatoms. The van der Waals surface area contributed by atoms with Gasteiger partial charge in [-0.3, -0.25) is 5.84 Å². The average molecular weight is 129 g/mol. The van der Waals surface area contributed by atoms with E-state index in [4.69, 9.17) is 5.84 Å². The second-order valence-electron chi connectivity index (χ2n) is 2.49. The Balaban J connectivity index is 2.12. The molecule has 1 rings (SSSR count). The summed E-state index contributed by atoms with van der Waals surface area (Å²) in [7, 11) is 0. The summed E-state index contributed by atoms with van der Waals surface area (Å²) in [5.41, 5.74) is 0. The topological polar surface area (TPSA) is 41.3 Å². The molecule has 0 bridgehead atoms. The third-order valence-corrected chi connectivity index (χ3v) is 1.62. The first-order valence-electron chi connectivity index (χ1n) is 3.60. The van der Waals surface area contributed by atoms with Crippen molar-refractivity contribution in [2.24, 2.45) is 5.84 Å². The number of nitrogens with two attached hydrogens (primary N) is 1. The minimum Gasteiger partial charge on any atom is -0.315 e. The van der Waals surface area contributed by atoms with Crippen LogP contribution >= 0.6 is 0 Å². The van der Waals surface area contributed by atoms with E-state index in [1.165, 1.54) is 12.8 Å². The highest BCUT2D eigenvalue weighted by Gasteiger charge is 2.00. The van der Waals surface area contributed by atoms with Crippen LogP contribution in [0.4, 0.5) is 0 Å². The number of hydrogen-bond donors (Lipinski definition) is 2. The van der Waals surface area contributed by atoms with Gasteiger partial charge in [0.25, 0.3) is 0 Å². The summed E-state index contributed by atoms with van der Waals surface area (Å²) in [5.74, 6) is 5.60. The lowest BCUT2D eigenvalue weighted by molar-refractivity contribution is 0.262. The minimum absolute atomic E-state index is 0.986. The lowest BCUT2D eigenvalue weighted by atomic mass is 10.3. The molecule has 1 saturated heterocycles. The van der Waals surface area contributed by atoms with Gasteiger partial charge in [-0.05, 0) is 19.4 Å². The number of hydrogen-bond acceptors (Lipinski definition) is 3. The predicted molar refractivity (Wildman–Crippen MR) is 37.9 cm³/mol. The molecule has 54 valence electrons. The molecule has 0 saturated carbocycles. The Morgan fingerprint density at radius 2 is 2.00 bits per heavy atom. The van der Waals surface area contributed by atoms with Gasteiger partial charge in [-0.1, -0.05) is 0 Å². The maximum atomic E-state index is 5.60. The lowest BCUT2D eigenvalue weighted by Gasteiger charge is -2.19. The third kappa shape index (κ3) is 2.79. The number of nitrogens with zero attached hydrogens (tertiary/aromatic N) is 1. The van der Waals surface area contributed by atoms with Gasteiger partial charge >= 0.3 is 0 Å². The first-order valence-corrected chi connectivity index (χ1v) is 3.60. The summed E-state index contributed by atoms with van der Waals surface area (Å²) in [4.78, 5) is 0. The van der Waals surface area contributed by atoms with Crippen LogP contribution in [0.3, 0.4) is 0 Å². The van der Waals surface area contributed by atoms with Crippen LogP contribution in [0.2, 0.25) is 0 Å². The normalized spacial score (nSPS) is 25.0. The Labute approximate surface area is 56.2 Å². The highest BCUT2D eigenvalue weighted by molar-refractivity contribution is 4.58. The van der Waals surface area contributed by atoms with E-state index < -0.39 is 0 Å². The van der Waals surface area contributed by atoms with Crippen LogP contribution < -0.4 is 11.2 Å². The highest BCUT2D eigenvalue weighted by Crippen LogP contribution is 1.91.